The smallest absolute Gasteiger partial charge is 0.284 e. The topological polar surface area (TPSA) is 102 Å². The maximum Gasteiger partial charge on any atom is 0.284 e. The molecule has 0 saturated heterocycles. The number of azo groups is 1. The van der Waals surface area contributed by atoms with Crippen molar-refractivity contribution in [2.75, 3.05) is 0 Å². The van der Waals surface area contributed by atoms with Crippen LogP contribution in [0, 0.1) is 13.8 Å². The van der Waals surface area contributed by atoms with E-state index >= 15 is 0 Å². The van der Waals surface area contributed by atoms with Crippen molar-refractivity contribution in [2.24, 2.45) is 10.2 Å². The van der Waals surface area contributed by atoms with Crippen LogP contribution in [0.15, 0.2) is 75.9 Å². The van der Waals surface area contributed by atoms with Crippen LogP contribution < -0.4 is 5.56 Å². The van der Waals surface area contributed by atoms with E-state index in [4.69, 9.17) is 0 Å². The number of hydrogen-bond donors (Lipinski definition) is 1. The monoisotopic (exact) mass is 471 g/mol. The van der Waals surface area contributed by atoms with Crippen molar-refractivity contribution < 1.29 is 9.90 Å². The van der Waals surface area contributed by atoms with E-state index in [1.54, 1.807) is 4.57 Å². The zero-order valence-corrected chi connectivity index (χ0v) is 19.4. The largest absolute Gasteiger partial charge is 0.493 e. The zero-order chi connectivity index (χ0) is 23.8. The average molecular weight is 472 g/mol. The molecule has 1 N–H and O–H groups in total. The van der Waals surface area contributed by atoms with Gasteiger partial charge in [-0.05, 0) is 31.0 Å². The highest BCUT2D eigenvalue weighted by Gasteiger charge is 2.18. The molecule has 9 heteroatoms. The first-order valence-electron chi connectivity index (χ1n) is 10.7. The molecule has 3 aromatic heterocycles. The normalized spacial score (nSPS) is 11.7. The molecule has 8 nitrogen and oxygen atoms in total. The van der Waals surface area contributed by atoms with Crippen molar-refractivity contribution in [2.45, 2.75) is 26.9 Å². The van der Waals surface area contributed by atoms with Gasteiger partial charge in [0, 0.05) is 10.3 Å². The molecule has 170 valence electrons. The Bertz CT molecular complexity index is 1630. The summed E-state index contributed by atoms with van der Waals surface area (Å²) in [6.07, 6.45) is 1.36. The van der Waals surface area contributed by atoms with E-state index in [0.29, 0.717) is 22.1 Å². The van der Waals surface area contributed by atoms with Crippen LogP contribution in [0.5, 0.6) is 5.88 Å². The van der Waals surface area contributed by atoms with Crippen molar-refractivity contribution in [3.63, 3.8) is 0 Å². The first-order chi connectivity index (χ1) is 16.4. The number of amides is 1. The number of thiophene rings is 1. The van der Waals surface area contributed by atoms with Gasteiger partial charge in [0.15, 0.2) is 5.69 Å². The number of para-hydroxylation sites is 1. The summed E-state index contributed by atoms with van der Waals surface area (Å²) in [5, 5.41) is 20.0. The number of nitrogens with zero attached hydrogens (tertiary/aromatic N) is 5. The minimum Gasteiger partial charge on any atom is -0.493 e. The van der Waals surface area contributed by atoms with Crippen molar-refractivity contribution >= 4 is 44.1 Å². The van der Waals surface area contributed by atoms with E-state index in [2.05, 4.69) is 15.2 Å². The fourth-order valence-corrected chi connectivity index (χ4v) is 4.95. The summed E-state index contributed by atoms with van der Waals surface area (Å²) >= 11 is 1.45. The molecule has 0 bridgehead atoms. The molecule has 0 aliphatic rings. The van der Waals surface area contributed by atoms with Crippen LogP contribution in [0.1, 0.15) is 16.0 Å². The lowest BCUT2D eigenvalue weighted by atomic mass is 10.2. The Balaban J connectivity index is 1.45. The Morgan fingerprint density at radius 3 is 2.62 bits per heavy atom. The number of fused-ring (bicyclic) bond motifs is 2. The molecule has 0 spiro atoms. The highest BCUT2D eigenvalue weighted by atomic mass is 32.1. The number of carbonyl (C=O) groups excluding carboxylic acids is 1. The van der Waals surface area contributed by atoms with E-state index in [1.807, 2.05) is 68.4 Å². The van der Waals surface area contributed by atoms with Crippen LogP contribution in [0.3, 0.4) is 0 Å². The molecule has 5 aromatic rings. The second-order valence-corrected chi connectivity index (χ2v) is 9.20. The highest BCUT2D eigenvalue weighted by Crippen LogP contribution is 2.39. The summed E-state index contributed by atoms with van der Waals surface area (Å²) in [7, 11) is 0. The Labute approximate surface area is 198 Å². The maximum absolute atomic E-state index is 12.8. The quantitative estimate of drug-likeness (QED) is 0.361. The molecule has 0 atom stereocenters. The molecule has 0 radical (unpaired) electrons. The lowest BCUT2D eigenvalue weighted by Crippen LogP contribution is -2.23. The Morgan fingerprint density at radius 2 is 1.82 bits per heavy atom. The summed E-state index contributed by atoms with van der Waals surface area (Å²) in [6, 6.07) is 17.1. The van der Waals surface area contributed by atoms with Gasteiger partial charge in [0.2, 0.25) is 5.88 Å². The number of benzene rings is 2. The van der Waals surface area contributed by atoms with Gasteiger partial charge in [-0.1, -0.05) is 48.5 Å². The molecule has 5 rings (SSSR count). The maximum atomic E-state index is 12.8. The van der Waals surface area contributed by atoms with Gasteiger partial charge in [-0.15, -0.1) is 21.6 Å². The van der Waals surface area contributed by atoms with Gasteiger partial charge in [0.25, 0.3) is 11.5 Å². The Morgan fingerprint density at radius 1 is 1.09 bits per heavy atom. The van der Waals surface area contributed by atoms with Crippen molar-refractivity contribution in [3.05, 3.63) is 87.3 Å². The molecule has 1 amide bonds. The zero-order valence-electron chi connectivity index (χ0n) is 18.6. The van der Waals surface area contributed by atoms with E-state index in [1.165, 1.54) is 22.2 Å². The molecule has 34 heavy (non-hydrogen) atoms. The van der Waals surface area contributed by atoms with Crippen molar-refractivity contribution in [1.82, 2.24) is 14.1 Å². The molecule has 3 heterocycles. The first kappa shape index (κ1) is 21.7. The van der Waals surface area contributed by atoms with E-state index in [-0.39, 0.29) is 23.7 Å². The van der Waals surface area contributed by atoms with E-state index < -0.39 is 5.91 Å². The molecule has 0 fully saturated rings. The van der Waals surface area contributed by atoms with Gasteiger partial charge in [0.1, 0.15) is 11.4 Å². The molecule has 0 saturated carbocycles. The lowest BCUT2D eigenvalue weighted by Gasteiger charge is -2.06. The Hall–Kier alpha value is -4.11. The molecule has 2 aromatic carbocycles. The van der Waals surface area contributed by atoms with Gasteiger partial charge in [-0.25, -0.2) is 4.98 Å². The highest BCUT2D eigenvalue weighted by molar-refractivity contribution is 7.18. The molecular formula is C25H21N5O3S. The third-order valence-corrected chi connectivity index (χ3v) is 6.94. The predicted molar refractivity (Wildman–Crippen MR) is 132 cm³/mol. The fraction of sp³-hybridized carbons (Fsp3) is 0.160. The first-order valence-corrected chi connectivity index (χ1v) is 11.5. The average Bonchev–Trinajstić information content (AvgIpc) is 3.28. The summed E-state index contributed by atoms with van der Waals surface area (Å²) < 4.78 is 2.97. The van der Waals surface area contributed by atoms with Gasteiger partial charge in [0.05, 0.1) is 23.8 Å². The second-order valence-electron chi connectivity index (χ2n) is 8.00. The molecular weight excluding hydrogens is 450 g/mol. The minimum absolute atomic E-state index is 0.0776. The fourth-order valence-electron chi connectivity index (χ4n) is 3.96. The van der Waals surface area contributed by atoms with Crippen LogP contribution in [0.25, 0.3) is 21.1 Å². The molecule has 0 unspecified atom stereocenters. The van der Waals surface area contributed by atoms with Crippen LogP contribution in [-0.4, -0.2) is 25.1 Å². The second kappa shape index (κ2) is 8.68. The number of carbonyl (C=O) groups is 1. The standard InChI is InChI=1S/C25H21N5O3S/c1-15-16(2)34-23-21(15)24(32)29(14-26-23)13-20(31)27-28-22-18-10-6-7-11-19(18)30(25(22)33)12-17-8-4-3-5-9-17/h3-11,14,33H,12-13H2,1-2H3. The summed E-state index contributed by atoms with van der Waals surface area (Å²) in [5.41, 5.74) is 2.60. The van der Waals surface area contributed by atoms with Crippen LogP contribution >= 0.6 is 11.3 Å². The van der Waals surface area contributed by atoms with E-state index in [9.17, 15) is 14.7 Å². The predicted octanol–water partition coefficient (Wildman–Crippen LogP) is 5.09. The van der Waals surface area contributed by atoms with Gasteiger partial charge in [-0.2, -0.15) is 0 Å². The SMILES string of the molecule is Cc1sc2ncn(CC(=O)N=Nc3c(O)n(Cc4ccccc4)c4ccccc34)c(=O)c2c1C. The van der Waals surface area contributed by atoms with Crippen molar-refractivity contribution in [3.8, 4) is 5.88 Å². The molecule has 0 aliphatic carbocycles. The lowest BCUT2D eigenvalue weighted by molar-refractivity contribution is -0.118. The number of rotatable bonds is 5. The molecule has 0 aliphatic heterocycles. The third kappa shape index (κ3) is 3.80. The van der Waals surface area contributed by atoms with Crippen molar-refractivity contribution in [1.29, 1.82) is 0 Å². The van der Waals surface area contributed by atoms with E-state index in [0.717, 1.165) is 21.5 Å². The Kier molecular flexibility index (Phi) is 5.54. The van der Waals surface area contributed by atoms with Gasteiger partial charge in [-0.3, -0.25) is 14.2 Å². The third-order valence-electron chi connectivity index (χ3n) is 5.82. The summed E-state index contributed by atoms with van der Waals surface area (Å²) in [6.45, 7) is 3.96. The number of aromatic hydroxyl groups is 1. The number of aromatic nitrogens is 3. The summed E-state index contributed by atoms with van der Waals surface area (Å²) in [5.74, 6) is -0.696. The van der Waals surface area contributed by atoms with Gasteiger partial charge >= 0.3 is 0 Å². The number of aryl methyl sites for hydroxylation is 2. The number of hydrogen-bond acceptors (Lipinski definition) is 6. The summed E-state index contributed by atoms with van der Waals surface area (Å²) in [4.78, 5) is 31.4. The van der Waals surface area contributed by atoms with Gasteiger partial charge < -0.3 is 9.67 Å². The van der Waals surface area contributed by atoms with Crippen LogP contribution in [0.4, 0.5) is 5.69 Å². The van der Waals surface area contributed by atoms with Crippen LogP contribution in [0.2, 0.25) is 0 Å². The van der Waals surface area contributed by atoms with Crippen LogP contribution in [-0.2, 0) is 17.9 Å². The minimum atomic E-state index is -0.618.